The molecule has 0 aliphatic rings. The van der Waals surface area contributed by atoms with E-state index in [4.69, 9.17) is 14.6 Å². The zero-order valence-corrected chi connectivity index (χ0v) is 21.4. The van der Waals surface area contributed by atoms with E-state index in [2.05, 4.69) is 4.74 Å². The number of aryl methyl sites for hydroxylation is 2. The van der Waals surface area contributed by atoms with E-state index in [9.17, 15) is 22.8 Å². The number of carbonyl (C=O) groups is 2. The molecular formula is C29H26F3NO6. The molecule has 0 spiro atoms. The number of aromatic nitrogens is 1. The fraction of sp³-hybridized carbons (Fsp3) is 0.241. The summed E-state index contributed by atoms with van der Waals surface area (Å²) in [7, 11) is 1.52. The molecule has 4 aromatic rings. The van der Waals surface area contributed by atoms with E-state index in [-0.39, 0.29) is 11.7 Å². The van der Waals surface area contributed by atoms with Gasteiger partial charge in [0.15, 0.2) is 6.10 Å². The lowest BCUT2D eigenvalue weighted by molar-refractivity contribution is -0.274. The molecule has 1 aromatic heterocycles. The number of alkyl halides is 3. The van der Waals surface area contributed by atoms with Crippen molar-refractivity contribution in [3.63, 3.8) is 0 Å². The van der Waals surface area contributed by atoms with Gasteiger partial charge in [-0.25, -0.2) is 4.79 Å². The van der Waals surface area contributed by atoms with E-state index in [0.29, 0.717) is 52.1 Å². The topological polar surface area (TPSA) is 87.0 Å². The summed E-state index contributed by atoms with van der Waals surface area (Å²) in [5.74, 6) is -0.851. The monoisotopic (exact) mass is 541 g/mol. The Hall–Kier alpha value is -4.47. The van der Waals surface area contributed by atoms with Crippen LogP contribution in [0.15, 0.2) is 66.7 Å². The second-order valence-corrected chi connectivity index (χ2v) is 8.91. The zero-order valence-electron chi connectivity index (χ0n) is 21.4. The molecule has 1 atom stereocenters. The van der Waals surface area contributed by atoms with Crippen LogP contribution in [0, 0.1) is 6.92 Å². The highest BCUT2D eigenvalue weighted by Crippen LogP contribution is 2.33. The van der Waals surface area contributed by atoms with Gasteiger partial charge in [0.05, 0.1) is 12.6 Å². The number of halogens is 3. The number of hydrogen-bond donors (Lipinski definition) is 1. The molecule has 0 saturated heterocycles. The summed E-state index contributed by atoms with van der Waals surface area (Å²) in [6, 6.07) is 17.4. The number of carboxylic acid groups (broad SMARTS) is 1. The Morgan fingerprint density at radius 1 is 0.949 bits per heavy atom. The standard InChI is InChI=1S/C29H26F3NO6/c1-17-24(13-7-19-5-4-6-22(15-19)38-18(2)28(35)36)25-16-23(39-29(30,31)32)12-14-26(25)33(17)27(34)20-8-10-21(37-3)11-9-20/h4-6,8-12,14-16,18H,7,13H2,1-3H3,(H,35,36). The summed E-state index contributed by atoms with van der Waals surface area (Å²) in [5.41, 5.74) is 2.93. The van der Waals surface area contributed by atoms with E-state index in [1.54, 1.807) is 49.4 Å². The number of rotatable bonds is 9. The molecule has 4 rings (SSSR count). The van der Waals surface area contributed by atoms with Crippen LogP contribution in [0.4, 0.5) is 13.2 Å². The van der Waals surface area contributed by atoms with E-state index in [0.717, 1.165) is 5.56 Å². The van der Waals surface area contributed by atoms with Crippen LogP contribution in [0.3, 0.4) is 0 Å². The highest BCUT2D eigenvalue weighted by molar-refractivity contribution is 6.04. The number of fused-ring (bicyclic) bond motifs is 1. The minimum atomic E-state index is -4.86. The molecule has 1 N–H and O–H groups in total. The van der Waals surface area contributed by atoms with Gasteiger partial charge in [0.1, 0.15) is 17.2 Å². The van der Waals surface area contributed by atoms with Gasteiger partial charge in [-0.2, -0.15) is 0 Å². The van der Waals surface area contributed by atoms with Crippen molar-refractivity contribution in [2.75, 3.05) is 7.11 Å². The van der Waals surface area contributed by atoms with Crippen LogP contribution in [0.2, 0.25) is 0 Å². The van der Waals surface area contributed by atoms with Crippen molar-refractivity contribution in [2.45, 2.75) is 39.2 Å². The van der Waals surface area contributed by atoms with Gasteiger partial charge >= 0.3 is 12.3 Å². The summed E-state index contributed by atoms with van der Waals surface area (Å²) in [6.45, 7) is 3.17. The first kappa shape index (κ1) is 27.6. The molecule has 1 unspecified atom stereocenters. The summed E-state index contributed by atoms with van der Waals surface area (Å²) in [4.78, 5) is 24.7. The van der Waals surface area contributed by atoms with Gasteiger partial charge in [0.2, 0.25) is 0 Å². The van der Waals surface area contributed by atoms with Gasteiger partial charge < -0.3 is 19.3 Å². The molecule has 0 bridgehead atoms. The van der Waals surface area contributed by atoms with Gasteiger partial charge in [0, 0.05) is 16.6 Å². The summed E-state index contributed by atoms with van der Waals surface area (Å²) < 4.78 is 55.1. The van der Waals surface area contributed by atoms with E-state index >= 15 is 0 Å². The predicted molar refractivity (Wildman–Crippen MR) is 138 cm³/mol. The number of benzene rings is 3. The lowest BCUT2D eigenvalue weighted by Gasteiger charge is -2.12. The molecule has 0 aliphatic heterocycles. The van der Waals surface area contributed by atoms with Gasteiger partial charge in [-0.1, -0.05) is 12.1 Å². The van der Waals surface area contributed by atoms with Crippen molar-refractivity contribution in [1.82, 2.24) is 4.57 Å². The number of aliphatic carboxylic acids is 1. The molecule has 0 amide bonds. The largest absolute Gasteiger partial charge is 0.573 e. The number of hydrogen-bond acceptors (Lipinski definition) is 5. The van der Waals surface area contributed by atoms with Crippen molar-refractivity contribution < 1.29 is 42.1 Å². The van der Waals surface area contributed by atoms with Crippen LogP contribution in [0.1, 0.15) is 34.1 Å². The van der Waals surface area contributed by atoms with Crippen LogP contribution >= 0.6 is 0 Å². The zero-order chi connectivity index (χ0) is 28.3. The predicted octanol–water partition coefficient (Wildman–Crippen LogP) is 6.18. The van der Waals surface area contributed by atoms with E-state index < -0.39 is 18.4 Å². The smallest absolute Gasteiger partial charge is 0.497 e. The van der Waals surface area contributed by atoms with Crippen molar-refractivity contribution in [1.29, 1.82) is 0 Å². The average molecular weight is 542 g/mol. The van der Waals surface area contributed by atoms with Gasteiger partial charge in [0.25, 0.3) is 5.91 Å². The van der Waals surface area contributed by atoms with E-state index in [1.807, 2.05) is 6.07 Å². The van der Waals surface area contributed by atoms with Crippen molar-refractivity contribution >= 4 is 22.8 Å². The molecule has 3 aromatic carbocycles. The Bertz CT molecular complexity index is 1510. The maximum atomic E-state index is 13.5. The third-order valence-electron chi connectivity index (χ3n) is 6.30. The van der Waals surface area contributed by atoms with Crippen LogP contribution in [0.5, 0.6) is 17.2 Å². The molecule has 0 aliphatic carbocycles. The Morgan fingerprint density at radius 2 is 1.64 bits per heavy atom. The molecule has 1 heterocycles. The summed E-state index contributed by atoms with van der Waals surface area (Å²) in [5, 5.41) is 9.56. The van der Waals surface area contributed by atoms with Crippen LogP contribution in [-0.4, -0.2) is 41.1 Å². The average Bonchev–Trinajstić information content (AvgIpc) is 3.16. The maximum absolute atomic E-state index is 13.5. The van der Waals surface area contributed by atoms with Gasteiger partial charge in [-0.3, -0.25) is 9.36 Å². The molecule has 0 radical (unpaired) electrons. The highest BCUT2D eigenvalue weighted by atomic mass is 19.4. The van der Waals surface area contributed by atoms with Crippen molar-refractivity contribution in [3.05, 3.63) is 89.1 Å². The number of carboxylic acids is 1. The Morgan fingerprint density at radius 3 is 2.28 bits per heavy atom. The molecule has 204 valence electrons. The van der Waals surface area contributed by atoms with Gasteiger partial charge in [-0.15, -0.1) is 13.2 Å². The fourth-order valence-corrected chi connectivity index (χ4v) is 4.40. The third kappa shape index (κ3) is 6.34. The minimum Gasteiger partial charge on any atom is -0.497 e. The Balaban J connectivity index is 1.72. The number of carbonyl (C=O) groups excluding carboxylic acids is 1. The SMILES string of the molecule is COc1ccc(C(=O)n2c(C)c(CCc3cccc(OC(C)C(=O)O)c3)c3cc(OC(F)(F)F)ccc32)cc1. The molecule has 39 heavy (non-hydrogen) atoms. The summed E-state index contributed by atoms with van der Waals surface area (Å²) >= 11 is 0. The number of ether oxygens (including phenoxy) is 3. The lowest BCUT2D eigenvalue weighted by atomic mass is 10.0. The minimum absolute atomic E-state index is 0.339. The molecule has 10 heteroatoms. The number of methoxy groups -OCH3 is 1. The number of nitrogens with zero attached hydrogens (tertiary/aromatic N) is 1. The normalized spacial score (nSPS) is 12.3. The van der Waals surface area contributed by atoms with Crippen LogP contribution in [0.25, 0.3) is 10.9 Å². The van der Waals surface area contributed by atoms with Crippen molar-refractivity contribution in [3.8, 4) is 17.2 Å². The molecular weight excluding hydrogens is 515 g/mol. The second kappa shape index (κ2) is 11.1. The Labute approximate surface area is 222 Å². The summed E-state index contributed by atoms with van der Waals surface area (Å²) in [6.07, 6.45) is -5.05. The van der Waals surface area contributed by atoms with Crippen LogP contribution in [-0.2, 0) is 17.6 Å². The molecule has 0 saturated carbocycles. The van der Waals surface area contributed by atoms with Crippen molar-refractivity contribution in [2.24, 2.45) is 0 Å². The van der Waals surface area contributed by atoms with Crippen LogP contribution < -0.4 is 14.2 Å². The first-order valence-electron chi connectivity index (χ1n) is 12.0. The first-order valence-corrected chi connectivity index (χ1v) is 12.0. The Kier molecular flexibility index (Phi) is 7.85. The maximum Gasteiger partial charge on any atom is 0.573 e. The molecule has 7 nitrogen and oxygen atoms in total. The molecule has 0 fully saturated rings. The highest BCUT2D eigenvalue weighted by Gasteiger charge is 2.31. The fourth-order valence-electron chi connectivity index (χ4n) is 4.40. The van der Waals surface area contributed by atoms with Gasteiger partial charge in [-0.05, 0) is 92.4 Å². The lowest BCUT2D eigenvalue weighted by Crippen LogP contribution is -2.22. The third-order valence-corrected chi connectivity index (χ3v) is 6.30. The second-order valence-electron chi connectivity index (χ2n) is 8.91. The van der Waals surface area contributed by atoms with E-state index in [1.165, 1.54) is 36.8 Å². The quantitative estimate of drug-likeness (QED) is 0.272. The first-order chi connectivity index (χ1) is 18.5.